The molecule has 0 aliphatic rings. The van der Waals surface area contributed by atoms with Gasteiger partial charge in [0.1, 0.15) is 0 Å². The molecule has 1 N–H and O–H groups in total. The fourth-order valence-electron chi connectivity index (χ4n) is 0.122. The third-order valence-electron chi connectivity index (χ3n) is 0.200. The van der Waals surface area contributed by atoms with Gasteiger partial charge in [-0.3, -0.25) is 0 Å². The Balaban J connectivity index is -0.0000000904. The van der Waals surface area contributed by atoms with Crippen LogP contribution in [0.25, 0.3) is 0 Å². The van der Waals surface area contributed by atoms with Crippen LogP contribution in [0.4, 0.5) is 0 Å². The SMILES string of the molecule is O=P([O-])([O-])O.O=P([O-])([O-])OP(=O)([O-])[O-].[Al+3].[Al+3]. The molecule has 0 rings (SSSR count). The van der Waals surface area contributed by atoms with Crippen LogP contribution < -0.4 is 29.4 Å². The van der Waals surface area contributed by atoms with Crippen molar-refractivity contribution in [1.82, 2.24) is 0 Å². The molecule has 0 aliphatic heterocycles. The third-order valence-corrected chi connectivity index (χ3v) is 1.80. The molecular weight excluding hydrogens is 323 g/mol. The van der Waals surface area contributed by atoms with Crippen LogP contribution in [-0.4, -0.2) is 39.6 Å². The van der Waals surface area contributed by atoms with Crippen LogP contribution in [0.15, 0.2) is 0 Å². The topological polar surface area (TPSA) is 219 Å². The third kappa shape index (κ3) is 58.2. The number of hydrogen-bond donors (Lipinski definition) is 1. The summed E-state index contributed by atoms with van der Waals surface area (Å²) in [7, 11) is -16.5. The average molecular weight is 324 g/mol. The van der Waals surface area contributed by atoms with Crippen molar-refractivity contribution < 1.29 is 52.3 Å². The molecule has 0 aromatic rings. The first-order chi connectivity index (χ1) is 5.71. The fourth-order valence-corrected chi connectivity index (χ4v) is 1.10. The Hall–Kier alpha value is 1.43. The molecule has 0 saturated heterocycles. The first-order valence-corrected chi connectivity index (χ1v) is 6.62. The first-order valence-electron chi connectivity index (χ1n) is 2.21. The van der Waals surface area contributed by atoms with Crippen LogP contribution >= 0.6 is 23.5 Å². The number of rotatable bonds is 2. The molecule has 11 nitrogen and oxygen atoms in total. The van der Waals surface area contributed by atoms with Crippen LogP contribution in [0.2, 0.25) is 0 Å². The van der Waals surface area contributed by atoms with Gasteiger partial charge in [0.2, 0.25) is 0 Å². The molecule has 0 aromatic heterocycles. The minimum atomic E-state index is -5.68. The minimum absolute atomic E-state index is 0. The van der Waals surface area contributed by atoms with Gasteiger partial charge in [-0.15, -0.1) is 0 Å². The molecule has 0 saturated carbocycles. The van der Waals surface area contributed by atoms with E-state index in [2.05, 4.69) is 4.31 Å². The van der Waals surface area contributed by atoms with E-state index < -0.39 is 23.5 Å². The van der Waals surface area contributed by atoms with E-state index in [4.69, 9.17) is 19.2 Å². The summed E-state index contributed by atoms with van der Waals surface area (Å²) in [5.41, 5.74) is 0. The largest absolute Gasteiger partial charge is 3.00 e. The summed E-state index contributed by atoms with van der Waals surface area (Å²) < 4.78 is 29.8. The molecule has 0 fully saturated rings. The van der Waals surface area contributed by atoms with Crippen LogP contribution in [0.3, 0.4) is 0 Å². The molecule has 0 unspecified atom stereocenters. The van der Waals surface area contributed by atoms with E-state index in [1.165, 1.54) is 0 Å². The van der Waals surface area contributed by atoms with Crippen molar-refractivity contribution >= 4 is 58.2 Å². The summed E-state index contributed by atoms with van der Waals surface area (Å²) in [5.74, 6) is 0. The summed E-state index contributed by atoms with van der Waals surface area (Å²) in [4.78, 5) is 61.6. The van der Waals surface area contributed by atoms with Gasteiger partial charge in [0.15, 0.2) is 0 Å². The van der Waals surface area contributed by atoms with Gasteiger partial charge >= 0.3 is 34.7 Å². The number of hydrogen-bond acceptors (Lipinski definition) is 10. The summed E-state index contributed by atoms with van der Waals surface area (Å²) in [6.07, 6.45) is 0. The molecule has 0 atom stereocenters. The standard InChI is InChI=1S/2Al.H4O7P2.H3O4P/c;;1-8(2,3)7-9(4,5)6;1-5(2,3)4/h;;(H2,1,2,3)(H2,4,5,6);(H3,1,2,3,4)/q2*+3;;/p-6. The van der Waals surface area contributed by atoms with Gasteiger partial charge in [-0.2, -0.15) is 0 Å². The molecule has 0 amide bonds. The Morgan fingerprint density at radius 2 is 0.875 bits per heavy atom. The van der Waals surface area contributed by atoms with E-state index >= 15 is 0 Å². The van der Waals surface area contributed by atoms with Crippen molar-refractivity contribution in [2.75, 3.05) is 0 Å². The minimum Gasteiger partial charge on any atom is -0.790 e. The Labute approximate surface area is 110 Å². The predicted octanol–water partition coefficient (Wildman–Crippen LogP) is -6.29. The van der Waals surface area contributed by atoms with Crippen molar-refractivity contribution in [2.24, 2.45) is 0 Å². The Kier molecular flexibility index (Phi) is 15.3. The van der Waals surface area contributed by atoms with Crippen molar-refractivity contribution in [1.29, 1.82) is 0 Å². The summed E-state index contributed by atoms with van der Waals surface area (Å²) in [6.45, 7) is 0. The van der Waals surface area contributed by atoms with Gasteiger partial charge in [0.25, 0.3) is 0 Å². The van der Waals surface area contributed by atoms with E-state index in [-0.39, 0.29) is 34.7 Å². The van der Waals surface area contributed by atoms with Crippen molar-refractivity contribution in [3.8, 4) is 0 Å². The van der Waals surface area contributed by atoms with Crippen LogP contribution in [0.5, 0.6) is 0 Å². The van der Waals surface area contributed by atoms with Crippen LogP contribution in [0.1, 0.15) is 0 Å². The number of phosphoric acid groups is 3. The molecule has 16 heteroatoms. The van der Waals surface area contributed by atoms with Gasteiger partial charge in [-0.25, -0.2) is 0 Å². The summed E-state index contributed by atoms with van der Waals surface area (Å²) in [5, 5.41) is 0. The molecular formula is HAl2O11P3. The van der Waals surface area contributed by atoms with Crippen LogP contribution in [-0.2, 0) is 18.0 Å². The Morgan fingerprint density at radius 3 is 0.875 bits per heavy atom. The van der Waals surface area contributed by atoms with Gasteiger partial charge in [-0.05, 0) is 0 Å². The second-order valence-corrected chi connectivity index (χ2v) is 4.82. The molecule has 0 bridgehead atoms. The quantitative estimate of drug-likeness (QED) is 0.371. The second kappa shape index (κ2) is 9.38. The zero-order valence-corrected chi connectivity index (χ0v) is 12.0. The monoisotopic (exact) mass is 324 g/mol. The van der Waals surface area contributed by atoms with Gasteiger partial charge in [0, 0.05) is 0 Å². The van der Waals surface area contributed by atoms with Crippen molar-refractivity contribution in [3.63, 3.8) is 0 Å². The van der Waals surface area contributed by atoms with E-state index in [9.17, 15) is 28.7 Å². The Morgan fingerprint density at radius 1 is 0.750 bits per heavy atom. The summed E-state index contributed by atoms with van der Waals surface area (Å²) >= 11 is 0. The molecule has 0 aromatic carbocycles. The van der Waals surface area contributed by atoms with Gasteiger partial charge in [-0.1, -0.05) is 0 Å². The Bertz CT molecular complexity index is 262. The molecule has 0 heterocycles. The molecule has 16 heavy (non-hydrogen) atoms. The van der Waals surface area contributed by atoms with Crippen LogP contribution in [0, 0.1) is 0 Å². The normalized spacial score (nSPS) is 11.4. The zero-order chi connectivity index (χ0) is 12.2. The maximum Gasteiger partial charge on any atom is 3.00 e. The maximum absolute atomic E-state index is 9.32. The molecule has 0 aliphatic carbocycles. The molecule has 0 spiro atoms. The zero-order valence-electron chi connectivity index (χ0n) is 7.03. The fraction of sp³-hybridized carbons (Fsp3) is 0. The van der Waals surface area contributed by atoms with E-state index in [1.54, 1.807) is 0 Å². The smallest absolute Gasteiger partial charge is 0.790 e. The first kappa shape index (κ1) is 26.1. The van der Waals surface area contributed by atoms with E-state index in [0.29, 0.717) is 0 Å². The van der Waals surface area contributed by atoms with Crippen molar-refractivity contribution in [2.45, 2.75) is 0 Å². The second-order valence-electron chi connectivity index (χ2n) is 1.44. The van der Waals surface area contributed by atoms with E-state index in [1.807, 2.05) is 0 Å². The van der Waals surface area contributed by atoms with Gasteiger partial charge in [0.05, 0.1) is 23.5 Å². The molecule has 0 radical (unpaired) electrons. The predicted molar refractivity (Wildman–Crippen MR) is 37.6 cm³/mol. The van der Waals surface area contributed by atoms with E-state index in [0.717, 1.165) is 0 Å². The summed E-state index contributed by atoms with van der Waals surface area (Å²) in [6, 6.07) is 0. The van der Waals surface area contributed by atoms with Gasteiger partial charge < -0.3 is 52.3 Å². The molecule has 88 valence electrons. The van der Waals surface area contributed by atoms with Crippen molar-refractivity contribution in [3.05, 3.63) is 0 Å². The average Bonchev–Trinajstić information content (AvgIpc) is 1.42. The maximum atomic E-state index is 9.32.